The summed E-state index contributed by atoms with van der Waals surface area (Å²) >= 11 is 0. The second kappa shape index (κ2) is 49.4. The Morgan fingerprint density at radius 2 is 0.810 bits per heavy atom. The third-order valence-electron chi connectivity index (χ3n) is 11.4. The van der Waals surface area contributed by atoms with Crippen LogP contribution in [0, 0.1) is 0 Å². The van der Waals surface area contributed by atoms with Crippen LogP contribution >= 0.6 is 7.82 Å². The van der Waals surface area contributed by atoms with Crippen LogP contribution in [0.4, 0.5) is 0 Å². The largest absolute Gasteiger partial charge is 0.472 e. The van der Waals surface area contributed by atoms with Gasteiger partial charge in [-0.15, -0.1) is 0 Å². The Morgan fingerprint density at radius 3 is 1.22 bits per heavy atom. The predicted octanol–water partition coefficient (Wildman–Crippen LogP) is 17.3. The molecule has 0 aliphatic carbocycles. The molecule has 0 aliphatic heterocycles. The first-order valence-electron chi connectivity index (χ1n) is 26.4. The number of esters is 2. The Labute approximate surface area is 388 Å². The molecule has 0 saturated carbocycles. The Hall–Kier alpha value is -1.99. The molecular formula is C54H99O8P. The maximum absolute atomic E-state index is 12.6. The van der Waals surface area contributed by atoms with E-state index in [1.165, 1.54) is 135 Å². The minimum Gasteiger partial charge on any atom is -0.462 e. The predicted molar refractivity (Wildman–Crippen MR) is 267 cm³/mol. The second-order valence-electron chi connectivity index (χ2n) is 17.5. The molecule has 0 fully saturated rings. The molecule has 0 amide bonds. The zero-order chi connectivity index (χ0) is 46.0. The number of carbonyl (C=O) groups excluding carboxylic acids is 2. The molecule has 9 heteroatoms. The van der Waals surface area contributed by atoms with Crippen LogP contribution in [0.5, 0.6) is 0 Å². The van der Waals surface area contributed by atoms with E-state index in [0.29, 0.717) is 12.8 Å². The molecule has 0 radical (unpaired) electrons. The summed E-state index contributed by atoms with van der Waals surface area (Å²) in [4.78, 5) is 35.0. The van der Waals surface area contributed by atoms with Crippen molar-refractivity contribution in [3.63, 3.8) is 0 Å². The molecule has 0 saturated heterocycles. The van der Waals surface area contributed by atoms with Crippen molar-refractivity contribution >= 4 is 19.8 Å². The Kier molecular flexibility index (Phi) is 47.9. The van der Waals surface area contributed by atoms with Gasteiger partial charge in [0, 0.05) is 12.8 Å². The van der Waals surface area contributed by atoms with Crippen molar-refractivity contribution in [2.24, 2.45) is 0 Å². The molecule has 0 rings (SSSR count). The number of hydrogen-bond donors (Lipinski definition) is 1. The number of phosphoric acid groups is 1. The molecule has 1 N–H and O–H groups in total. The van der Waals surface area contributed by atoms with Crippen molar-refractivity contribution in [2.45, 2.75) is 264 Å². The van der Waals surface area contributed by atoms with Gasteiger partial charge in [-0.3, -0.25) is 18.6 Å². The summed E-state index contributed by atoms with van der Waals surface area (Å²) in [5.74, 6) is -0.804. The van der Waals surface area contributed by atoms with Crippen LogP contribution in [-0.4, -0.2) is 42.8 Å². The monoisotopic (exact) mass is 907 g/mol. The lowest BCUT2D eigenvalue weighted by atomic mass is 10.0. The van der Waals surface area contributed by atoms with E-state index in [1.807, 2.05) is 0 Å². The second-order valence-corrected chi connectivity index (χ2v) is 19.0. The van der Waals surface area contributed by atoms with E-state index in [4.69, 9.17) is 18.5 Å². The first-order valence-corrected chi connectivity index (χ1v) is 27.9. The third-order valence-corrected chi connectivity index (χ3v) is 12.5. The van der Waals surface area contributed by atoms with Crippen LogP contribution in [0.25, 0.3) is 0 Å². The minimum atomic E-state index is -4.29. The molecule has 0 aromatic carbocycles. The molecular weight excluding hydrogens is 808 g/mol. The Morgan fingerprint density at radius 1 is 0.444 bits per heavy atom. The molecule has 2 unspecified atom stereocenters. The molecule has 0 heterocycles. The van der Waals surface area contributed by atoms with Crippen LogP contribution in [0.2, 0.25) is 0 Å². The molecule has 2 atom stereocenters. The third kappa shape index (κ3) is 49.3. The maximum atomic E-state index is 12.6. The van der Waals surface area contributed by atoms with Crippen LogP contribution in [0.15, 0.2) is 48.6 Å². The summed E-state index contributed by atoms with van der Waals surface area (Å²) in [6, 6.07) is 0. The molecule has 0 spiro atoms. The lowest BCUT2D eigenvalue weighted by molar-refractivity contribution is -0.161. The lowest BCUT2D eigenvalue weighted by Crippen LogP contribution is -2.29. The van der Waals surface area contributed by atoms with Crippen molar-refractivity contribution in [3.8, 4) is 0 Å². The van der Waals surface area contributed by atoms with E-state index in [2.05, 4.69) is 62.5 Å². The lowest BCUT2D eigenvalue weighted by Gasteiger charge is -2.19. The van der Waals surface area contributed by atoms with E-state index in [0.717, 1.165) is 83.5 Å². The SMILES string of the molecule is CC/C=C\C/C=C\C/C=C\C/C=C\CCCCCCCCC(=O)OC(COC(=O)CCCCCCCCCCCCCCCCCCCCCCCCCC)COP(=O)(O)OCC. The molecule has 0 aliphatic rings. The summed E-state index contributed by atoms with van der Waals surface area (Å²) in [5, 5.41) is 0. The van der Waals surface area contributed by atoms with E-state index < -0.39 is 26.5 Å². The zero-order valence-corrected chi connectivity index (χ0v) is 42.1. The maximum Gasteiger partial charge on any atom is 0.472 e. The number of phosphoric ester groups is 1. The van der Waals surface area contributed by atoms with Crippen LogP contribution < -0.4 is 0 Å². The van der Waals surface area contributed by atoms with Crippen molar-refractivity contribution in [1.82, 2.24) is 0 Å². The van der Waals surface area contributed by atoms with Crippen molar-refractivity contribution in [3.05, 3.63) is 48.6 Å². The number of rotatable bonds is 49. The fraction of sp³-hybridized carbons (Fsp3) is 0.815. The quantitative estimate of drug-likeness (QED) is 0.0278. The van der Waals surface area contributed by atoms with Gasteiger partial charge in [-0.25, -0.2) is 4.57 Å². The normalized spacial score (nSPS) is 13.5. The van der Waals surface area contributed by atoms with Gasteiger partial charge in [0.05, 0.1) is 13.2 Å². The average molecular weight is 907 g/mol. The van der Waals surface area contributed by atoms with Crippen LogP contribution in [0.3, 0.4) is 0 Å². The van der Waals surface area contributed by atoms with Gasteiger partial charge < -0.3 is 14.4 Å². The molecule has 0 aromatic heterocycles. The highest BCUT2D eigenvalue weighted by Gasteiger charge is 2.25. The highest BCUT2D eigenvalue weighted by Crippen LogP contribution is 2.43. The molecule has 0 aromatic rings. The summed E-state index contributed by atoms with van der Waals surface area (Å²) in [6.07, 6.45) is 60.4. The fourth-order valence-corrected chi connectivity index (χ4v) is 8.32. The smallest absolute Gasteiger partial charge is 0.462 e. The van der Waals surface area contributed by atoms with E-state index in [-0.39, 0.29) is 25.6 Å². The first-order chi connectivity index (χ1) is 30.8. The van der Waals surface area contributed by atoms with Gasteiger partial charge >= 0.3 is 19.8 Å². The van der Waals surface area contributed by atoms with Gasteiger partial charge in [-0.2, -0.15) is 0 Å². The first kappa shape index (κ1) is 61.0. The van der Waals surface area contributed by atoms with Gasteiger partial charge in [0.25, 0.3) is 0 Å². The summed E-state index contributed by atoms with van der Waals surface area (Å²) < 4.78 is 32.8. The number of ether oxygens (including phenoxy) is 2. The summed E-state index contributed by atoms with van der Waals surface area (Å²) in [7, 11) is -4.29. The molecule has 63 heavy (non-hydrogen) atoms. The number of hydrogen-bond acceptors (Lipinski definition) is 7. The van der Waals surface area contributed by atoms with Crippen molar-refractivity contribution in [2.75, 3.05) is 19.8 Å². The van der Waals surface area contributed by atoms with Gasteiger partial charge in [0.1, 0.15) is 6.61 Å². The van der Waals surface area contributed by atoms with Crippen LogP contribution in [0.1, 0.15) is 258 Å². The van der Waals surface area contributed by atoms with E-state index in [9.17, 15) is 19.0 Å². The highest BCUT2D eigenvalue weighted by atomic mass is 31.2. The Bertz CT molecular complexity index is 1160. The van der Waals surface area contributed by atoms with Gasteiger partial charge in [-0.1, -0.05) is 236 Å². The van der Waals surface area contributed by atoms with Gasteiger partial charge in [0.2, 0.25) is 0 Å². The highest BCUT2D eigenvalue weighted by molar-refractivity contribution is 7.47. The fourth-order valence-electron chi connectivity index (χ4n) is 7.56. The van der Waals surface area contributed by atoms with E-state index in [1.54, 1.807) is 6.92 Å². The van der Waals surface area contributed by atoms with Crippen LogP contribution in [-0.2, 0) is 32.7 Å². The topological polar surface area (TPSA) is 108 Å². The van der Waals surface area contributed by atoms with Gasteiger partial charge in [0.15, 0.2) is 6.10 Å². The molecule has 8 nitrogen and oxygen atoms in total. The van der Waals surface area contributed by atoms with Crippen molar-refractivity contribution < 1.29 is 37.6 Å². The average Bonchev–Trinajstić information content (AvgIpc) is 3.26. The molecule has 0 bridgehead atoms. The number of allylic oxidation sites excluding steroid dienone is 8. The zero-order valence-electron chi connectivity index (χ0n) is 41.2. The van der Waals surface area contributed by atoms with Crippen molar-refractivity contribution in [1.29, 1.82) is 0 Å². The summed E-state index contributed by atoms with van der Waals surface area (Å²) in [5.41, 5.74) is 0. The molecule has 368 valence electrons. The minimum absolute atomic E-state index is 0.00274. The number of unbranched alkanes of at least 4 members (excludes halogenated alkanes) is 29. The number of carbonyl (C=O) groups is 2. The van der Waals surface area contributed by atoms with E-state index >= 15 is 0 Å². The standard InChI is InChI=1S/C54H99O8P/c1-4-7-9-11-13-15-17-19-21-23-25-26-27-28-29-31-32-34-36-38-40-42-44-46-48-53(55)59-50-52(51-61-63(57,58)60-6-3)62-54(56)49-47-45-43-41-39-37-35-33-30-24-22-20-18-16-14-12-10-8-5-2/h8,10,14,16,20,22,30,33,52H,4-7,9,11-13,15,17-19,21,23-29,31-32,34-51H2,1-3H3,(H,57,58)/b10-8-,16-14-,22-20-,33-30-. The van der Waals surface area contributed by atoms with Gasteiger partial charge in [-0.05, 0) is 58.3 Å². The summed E-state index contributed by atoms with van der Waals surface area (Å²) in [6.45, 7) is 5.39. The Balaban J connectivity index is 3.94.